The van der Waals surface area contributed by atoms with Gasteiger partial charge in [0, 0.05) is 53.3 Å². The minimum Gasteiger partial charge on any atom is -0.495 e. The van der Waals surface area contributed by atoms with Crippen LogP contribution in [0, 0.1) is 0 Å². The van der Waals surface area contributed by atoms with Crippen LogP contribution in [-0.2, 0) is 16.3 Å². The van der Waals surface area contributed by atoms with E-state index in [0.29, 0.717) is 28.6 Å². The van der Waals surface area contributed by atoms with Crippen molar-refractivity contribution < 1.29 is 8.95 Å². The van der Waals surface area contributed by atoms with Crippen molar-refractivity contribution in [3.05, 3.63) is 65.6 Å². The van der Waals surface area contributed by atoms with E-state index in [2.05, 4.69) is 47.5 Å². The molecule has 4 heterocycles. The number of fused-ring (bicyclic) bond motifs is 1. The zero-order chi connectivity index (χ0) is 28.4. The van der Waals surface area contributed by atoms with Gasteiger partial charge >= 0.3 is 0 Å². The van der Waals surface area contributed by atoms with E-state index in [0.717, 1.165) is 36.1 Å². The molecule has 14 heteroatoms. The average molecular weight is 582 g/mol. The minimum absolute atomic E-state index is 0.225. The molecule has 0 radical (unpaired) electrons. The van der Waals surface area contributed by atoms with Gasteiger partial charge in [0.1, 0.15) is 11.1 Å². The number of benzene rings is 1. The maximum atomic E-state index is 13.3. The number of methoxy groups -OCH3 is 1. The molecule has 0 atom stereocenters. The fraction of sp³-hybridized carbons (Fsp3) is 0.308. The Balaban J connectivity index is 1.54. The monoisotopic (exact) mass is 581 g/mol. The van der Waals surface area contributed by atoms with Gasteiger partial charge in [0.05, 0.1) is 25.2 Å². The van der Waals surface area contributed by atoms with Gasteiger partial charge < -0.3 is 15.0 Å². The molecule has 3 aromatic heterocycles. The molecular formula is C26H31N9O3S2. The van der Waals surface area contributed by atoms with Crippen LogP contribution < -0.4 is 20.5 Å². The molecule has 210 valence electrons. The van der Waals surface area contributed by atoms with Gasteiger partial charge in [0.25, 0.3) is 5.56 Å². The van der Waals surface area contributed by atoms with Crippen LogP contribution in [0.3, 0.4) is 0 Å². The van der Waals surface area contributed by atoms with Crippen LogP contribution in [0.2, 0.25) is 0 Å². The molecule has 1 aliphatic rings. The van der Waals surface area contributed by atoms with Gasteiger partial charge in [-0.15, -0.1) is 6.58 Å². The first-order valence-electron chi connectivity index (χ1n) is 12.4. The summed E-state index contributed by atoms with van der Waals surface area (Å²) >= 11 is 1.76. The molecule has 0 unspecified atom stereocenters. The van der Waals surface area contributed by atoms with E-state index in [4.69, 9.17) is 4.74 Å². The first-order chi connectivity index (χ1) is 19.2. The zero-order valence-electron chi connectivity index (χ0n) is 22.8. The smallest absolute Gasteiger partial charge is 0.278 e. The molecule has 1 aromatic carbocycles. The highest BCUT2D eigenvalue weighted by atomic mass is 32.2. The van der Waals surface area contributed by atoms with Crippen LogP contribution in [0.5, 0.6) is 5.75 Å². The van der Waals surface area contributed by atoms with E-state index in [1.165, 1.54) is 23.4 Å². The lowest BCUT2D eigenvalue weighted by atomic mass is 10.2. The summed E-state index contributed by atoms with van der Waals surface area (Å²) in [4.78, 5) is 29.2. The molecule has 0 amide bonds. The number of aromatic nitrogens is 5. The average Bonchev–Trinajstić information content (AvgIpc) is 3.19. The van der Waals surface area contributed by atoms with E-state index >= 15 is 0 Å². The predicted octanol–water partition coefficient (Wildman–Crippen LogP) is 3.63. The van der Waals surface area contributed by atoms with E-state index in [9.17, 15) is 9.00 Å². The first kappa shape index (κ1) is 27.7. The maximum absolute atomic E-state index is 13.3. The Kier molecular flexibility index (Phi) is 7.83. The van der Waals surface area contributed by atoms with Crippen LogP contribution in [-0.4, -0.2) is 78.5 Å². The molecule has 1 fully saturated rings. The van der Waals surface area contributed by atoms with Gasteiger partial charge in [-0.05, 0) is 31.3 Å². The van der Waals surface area contributed by atoms with Crippen molar-refractivity contribution in [3.8, 4) is 11.6 Å². The Bertz CT molecular complexity index is 1740. The number of hydrogen-bond acceptors (Lipinski definition) is 11. The Morgan fingerprint density at radius 3 is 2.75 bits per heavy atom. The van der Waals surface area contributed by atoms with Crippen LogP contribution in [0.15, 0.2) is 64.4 Å². The number of anilines is 3. The molecule has 1 aliphatic heterocycles. The van der Waals surface area contributed by atoms with Gasteiger partial charge in [-0.25, -0.2) is 23.5 Å². The molecule has 5 rings (SSSR count). The largest absolute Gasteiger partial charge is 0.495 e. The van der Waals surface area contributed by atoms with Crippen molar-refractivity contribution in [3.63, 3.8) is 0 Å². The maximum Gasteiger partial charge on any atom is 0.278 e. The molecule has 1 N–H and O–H groups in total. The zero-order valence-corrected chi connectivity index (χ0v) is 24.4. The summed E-state index contributed by atoms with van der Waals surface area (Å²) in [6.07, 6.45) is 6.19. The minimum atomic E-state index is -2.43. The molecule has 0 bridgehead atoms. The number of hydrogen-bond donors (Lipinski definition) is 1. The summed E-state index contributed by atoms with van der Waals surface area (Å²) in [6, 6.07) is 11.0. The summed E-state index contributed by atoms with van der Waals surface area (Å²) in [5, 5.41) is 3.56. The van der Waals surface area contributed by atoms with E-state index < -0.39 is 9.73 Å². The van der Waals surface area contributed by atoms with Crippen molar-refractivity contribution in [2.24, 2.45) is 4.36 Å². The fourth-order valence-corrected chi connectivity index (χ4v) is 5.68. The molecule has 4 aromatic rings. The number of nitrogens with zero attached hydrogens (tertiary/aromatic N) is 8. The third-order valence-corrected chi connectivity index (χ3v) is 7.80. The van der Waals surface area contributed by atoms with Gasteiger partial charge in [-0.2, -0.15) is 9.35 Å². The lowest BCUT2D eigenvalue weighted by molar-refractivity contribution is 0.414. The number of likely N-dealkylation sites (N-methyl/N-ethyl adjacent to an activating group) is 1. The topological polar surface area (TPSA) is 123 Å². The van der Waals surface area contributed by atoms with Crippen LogP contribution in [0.4, 0.5) is 23.1 Å². The van der Waals surface area contributed by atoms with Gasteiger partial charge in [0.2, 0.25) is 5.95 Å². The molecule has 40 heavy (non-hydrogen) atoms. The second-order valence-corrected chi connectivity index (χ2v) is 13.1. The standard InChI is InChI=1S/C26H31N9O3S2/c1-6-12-34-25(36)19-16-27-26(30-24(19)35(34)23-9-7-8-22(29-23)31-40(4,5)37)28-18-10-11-20(21(15-18)38-3)33-14-13-32(2)39-17-33/h6-11,15-16H,1,12-14,17H2,2-5H3,(H,27,28,30). The van der Waals surface area contributed by atoms with Gasteiger partial charge in [0.15, 0.2) is 17.3 Å². The Hall–Kier alpha value is -3.88. The van der Waals surface area contributed by atoms with E-state index in [-0.39, 0.29) is 12.1 Å². The molecule has 0 aliphatic carbocycles. The predicted molar refractivity (Wildman–Crippen MR) is 162 cm³/mol. The van der Waals surface area contributed by atoms with Gasteiger partial charge in [-0.3, -0.25) is 9.10 Å². The Labute approximate surface area is 237 Å². The van der Waals surface area contributed by atoms with Crippen molar-refractivity contribution in [1.82, 2.24) is 28.6 Å². The molecule has 1 saturated heterocycles. The Morgan fingerprint density at radius 1 is 1.23 bits per heavy atom. The number of ether oxygens (including phenoxy) is 1. The van der Waals surface area contributed by atoms with Crippen LogP contribution >= 0.6 is 11.9 Å². The number of rotatable bonds is 8. The molecule has 0 spiro atoms. The van der Waals surface area contributed by atoms with Crippen molar-refractivity contribution >= 4 is 55.9 Å². The quantitative estimate of drug-likeness (QED) is 0.244. The van der Waals surface area contributed by atoms with Crippen molar-refractivity contribution in [1.29, 1.82) is 0 Å². The highest BCUT2D eigenvalue weighted by molar-refractivity contribution is 7.97. The summed E-state index contributed by atoms with van der Waals surface area (Å²) in [6.45, 7) is 5.87. The van der Waals surface area contributed by atoms with Crippen LogP contribution in [0.1, 0.15) is 0 Å². The summed E-state index contributed by atoms with van der Waals surface area (Å²) in [5.74, 6) is 2.57. The van der Waals surface area contributed by atoms with Gasteiger partial charge in [-0.1, -0.05) is 24.1 Å². The highest BCUT2D eigenvalue weighted by Gasteiger charge is 2.20. The molecule has 0 saturated carbocycles. The summed E-state index contributed by atoms with van der Waals surface area (Å²) < 4.78 is 27.5. The highest BCUT2D eigenvalue weighted by Crippen LogP contribution is 2.34. The normalized spacial score (nSPS) is 14.3. The van der Waals surface area contributed by atoms with E-state index in [1.54, 1.807) is 48.0 Å². The SMILES string of the molecule is C=CCn1c(=O)c2cnc(Nc3ccc(N4CCN(C)SC4)c(OC)c3)nc2n1-c1cccc(N=S(C)(C)=O)n1. The fourth-order valence-electron chi connectivity index (χ4n) is 4.31. The third-order valence-electron chi connectivity index (χ3n) is 6.12. The van der Waals surface area contributed by atoms with Crippen LogP contribution in [0.25, 0.3) is 16.9 Å². The second kappa shape index (κ2) is 11.3. The summed E-state index contributed by atoms with van der Waals surface area (Å²) in [7, 11) is 1.31. The lowest BCUT2D eigenvalue weighted by Gasteiger charge is -2.33. The number of nitrogens with one attached hydrogen (secondary N) is 1. The van der Waals surface area contributed by atoms with Crippen molar-refractivity contribution in [2.75, 3.05) is 55.9 Å². The molecule has 12 nitrogen and oxygen atoms in total. The summed E-state index contributed by atoms with van der Waals surface area (Å²) in [5.41, 5.74) is 1.83. The number of pyridine rings is 1. The lowest BCUT2D eigenvalue weighted by Crippen LogP contribution is -2.37. The third kappa shape index (κ3) is 5.83. The van der Waals surface area contributed by atoms with Crippen molar-refractivity contribution in [2.45, 2.75) is 6.54 Å². The first-order valence-corrected chi connectivity index (χ1v) is 15.7. The van der Waals surface area contributed by atoms with E-state index in [1.807, 2.05) is 18.2 Å². The molecular weight excluding hydrogens is 550 g/mol. The number of allylic oxidation sites excluding steroid dienone is 1. The Morgan fingerprint density at radius 2 is 2.05 bits per heavy atom. The second-order valence-electron chi connectivity index (χ2n) is 9.43.